The standard InChI is InChI=1S/C12H15NO2/c1-15-6-2-3-9-4-5-11-10(7-9)8-13-12(11)14/h4-5,7H,2-3,6,8H2,1H3,(H,13,14). The molecule has 1 N–H and O–H groups in total. The van der Waals surface area contributed by atoms with Crippen LogP contribution in [0.25, 0.3) is 0 Å². The van der Waals surface area contributed by atoms with Crippen molar-refractivity contribution in [3.63, 3.8) is 0 Å². The Hall–Kier alpha value is -1.35. The summed E-state index contributed by atoms with van der Waals surface area (Å²) in [5.41, 5.74) is 3.22. The van der Waals surface area contributed by atoms with E-state index >= 15 is 0 Å². The highest BCUT2D eigenvalue weighted by molar-refractivity contribution is 5.98. The number of benzene rings is 1. The number of hydrogen-bond acceptors (Lipinski definition) is 2. The van der Waals surface area contributed by atoms with Crippen LogP contribution in [0, 0.1) is 0 Å². The van der Waals surface area contributed by atoms with Crippen molar-refractivity contribution in [1.29, 1.82) is 0 Å². The number of amides is 1. The highest BCUT2D eigenvalue weighted by Crippen LogP contribution is 2.17. The minimum absolute atomic E-state index is 0.0495. The van der Waals surface area contributed by atoms with E-state index in [1.807, 2.05) is 12.1 Å². The van der Waals surface area contributed by atoms with Crippen LogP contribution in [-0.2, 0) is 17.7 Å². The van der Waals surface area contributed by atoms with Gasteiger partial charge < -0.3 is 10.1 Å². The number of rotatable bonds is 4. The summed E-state index contributed by atoms with van der Waals surface area (Å²) >= 11 is 0. The Morgan fingerprint density at radius 3 is 3.13 bits per heavy atom. The summed E-state index contributed by atoms with van der Waals surface area (Å²) in [7, 11) is 1.71. The topological polar surface area (TPSA) is 38.3 Å². The Kier molecular flexibility index (Phi) is 3.02. The van der Waals surface area contributed by atoms with E-state index in [-0.39, 0.29) is 5.91 Å². The molecule has 1 aromatic rings. The first-order valence-electron chi connectivity index (χ1n) is 5.20. The highest BCUT2D eigenvalue weighted by Gasteiger charge is 2.17. The zero-order valence-corrected chi connectivity index (χ0v) is 8.88. The molecule has 1 aliphatic heterocycles. The van der Waals surface area contributed by atoms with E-state index in [1.165, 1.54) is 5.56 Å². The number of carbonyl (C=O) groups excluding carboxylic acids is 1. The summed E-state index contributed by atoms with van der Waals surface area (Å²) in [6, 6.07) is 6.06. The lowest BCUT2D eigenvalue weighted by Crippen LogP contribution is -2.12. The Labute approximate surface area is 89.4 Å². The molecule has 0 unspecified atom stereocenters. The fraction of sp³-hybridized carbons (Fsp3) is 0.417. The van der Waals surface area contributed by atoms with Crippen LogP contribution < -0.4 is 5.32 Å². The monoisotopic (exact) mass is 205 g/mol. The van der Waals surface area contributed by atoms with Crippen molar-refractivity contribution in [2.24, 2.45) is 0 Å². The van der Waals surface area contributed by atoms with Crippen LogP contribution >= 0.6 is 0 Å². The second kappa shape index (κ2) is 4.45. The van der Waals surface area contributed by atoms with Gasteiger partial charge in [0, 0.05) is 25.8 Å². The van der Waals surface area contributed by atoms with Crippen LogP contribution in [0.3, 0.4) is 0 Å². The second-order valence-corrected chi connectivity index (χ2v) is 3.77. The van der Waals surface area contributed by atoms with Crippen LogP contribution in [0.5, 0.6) is 0 Å². The van der Waals surface area contributed by atoms with Gasteiger partial charge in [0.15, 0.2) is 0 Å². The molecule has 2 rings (SSSR count). The summed E-state index contributed by atoms with van der Waals surface area (Å²) in [6.07, 6.45) is 2.03. The Bertz CT molecular complexity index is 374. The fourth-order valence-electron chi connectivity index (χ4n) is 1.86. The van der Waals surface area contributed by atoms with Gasteiger partial charge in [-0.05, 0) is 30.0 Å². The molecule has 0 aromatic heterocycles. The number of fused-ring (bicyclic) bond motifs is 1. The summed E-state index contributed by atoms with van der Waals surface area (Å²) in [4.78, 5) is 11.3. The van der Waals surface area contributed by atoms with Gasteiger partial charge in [-0.3, -0.25) is 4.79 Å². The quantitative estimate of drug-likeness (QED) is 0.757. The first-order chi connectivity index (χ1) is 7.31. The normalized spacial score (nSPS) is 13.8. The van der Waals surface area contributed by atoms with Gasteiger partial charge in [-0.15, -0.1) is 0 Å². The second-order valence-electron chi connectivity index (χ2n) is 3.77. The minimum Gasteiger partial charge on any atom is -0.385 e. The van der Waals surface area contributed by atoms with Crippen LogP contribution in [-0.4, -0.2) is 19.6 Å². The van der Waals surface area contributed by atoms with Crippen molar-refractivity contribution < 1.29 is 9.53 Å². The Morgan fingerprint density at radius 1 is 1.47 bits per heavy atom. The summed E-state index contributed by atoms with van der Waals surface area (Å²) in [5, 5.41) is 2.82. The van der Waals surface area contributed by atoms with Crippen molar-refractivity contribution in [3.8, 4) is 0 Å². The van der Waals surface area contributed by atoms with Crippen molar-refractivity contribution in [2.45, 2.75) is 19.4 Å². The van der Waals surface area contributed by atoms with Crippen LogP contribution in [0.2, 0.25) is 0 Å². The molecule has 80 valence electrons. The van der Waals surface area contributed by atoms with E-state index in [9.17, 15) is 4.79 Å². The molecule has 0 bridgehead atoms. The van der Waals surface area contributed by atoms with Gasteiger partial charge >= 0.3 is 0 Å². The fourth-order valence-corrected chi connectivity index (χ4v) is 1.86. The molecule has 0 atom stereocenters. The van der Waals surface area contributed by atoms with Crippen LogP contribution in [0.1, 0.15) is 27.9 Å². The molecule has 1 aliphatic rings. The Balaban J connectivity index is 2.06. The first-order valence-corrected chi connectivity index (χ1v) is 5.20. The summed E-state index contributed by atoms with van der Waals surface area (Å²) < 4.78 is 5.01. The minimum atomic E-state index is 0.0495. The van der Waals surface area contributed by atoms with E-state index in [2.05, 4.69) is 11.4 Å². The summed E-state index contributed by atoms with van der Waals surface area (Å²) in [5.74, 6) is 0.0495. The molecule has 0 radical (unpaired) electrons. The molecule has 0 fully saturated rings. The summed E-state index contributed by atoms with van der Waals surface area (Å²) in [6.45, 7) is 1.46. The smallest absolute Gasteiger partial charge is 0.251 e. The molecular formula is C12H15NO2. The number of methoxy groups -OCH3 is 1. The number of nitrogens with one attached hydrogen (secondary N) is 1. The predicted octanol–water partition coefficient (Wildman–Crippen LogP) is 1.51. The highest BCUT2D eigenvalue weighted by atomic mass is 16.5. The average molecular weight is 205 g/mol. The van der Waals surface area contributed by atoms with Crippen molar-refractivity contribution in [3.05, 3.63) is 34.9 Å². The molecule has 1 heterocycles. The zero-order valence-electron chi connectivity index (χ0n) is 8.88. The lowest BCUT2D eigenvalue weighted by molar-refractivity contribution is 0.0966. The SMILES string of the molecule is COCCCc1ccc2c(c1)CNC2=O. The van der Waals surface area contributed by atoms with Crippen LogP contribution in [0.15, 0.2) is 18.2 Å². The molecule has 1 amide bonds. The third kappa shape index (κ3) is 2.18. The van der Waals surface area contributed by atoms with Gasteiger partial charge in [0.1, 0.15) is 0 Å². The maximum Gasteiger partial charge on any atom is 0.251 e. The van der Waals surface area contributed by atoms with Gasteiger partial charge in [0.05, 0.1) is 0 Å². The van der Waals surface area contributed by atoms with E-state index in [1.54, 1.807) is 7.11 Å². The molecule has 0 spiro atoms. The maximum absolute atomic E-state index is 11.3. The molecule has 0 saturated carbocycles. The molecule has 0 aliphatic carbocycles. The molecule has 3 nitrogen and oxygen atoms in total. The molecular weight excluding hydrogens is 190 g/mol. The molecule has 15 heavy (non-hydrogen) atoms. The first kappa shape index (κ1) is 10.2. The van der Waals surface area contributed by atoms with E-state index in [0.29, 0.717) is 6.54 Å². The van der Waals surface area contributed by atoms with Gasteiger partial charge in [-0.1, -0.05) is 12.1 Å². The third-order valence-corrected chi connectivity index (χ3v) is 2.67. The number of aryl methyl sites for hydroxylation is 1. The lowest BCUT2D eigenvalue weighted by atomic mass is 10.0. The van der Waals surface area contributed by atoms with Gasteiger partial charge in [0.2, 0.25) is 0 Å². The van der Waals surface area contributed by atoms with E-state index < -0.39 is 0 Å². The largest absolute Gasteiger partial charge is 0.385 e. The number of carbonyl (C=O) groups is 1. The van der Waals surface area contributed by atoms with Gasteiger partial charge in [-0.25, -0.2) is 0 Å². The van der Waals surface area contributed by atoms with Gasteiger partial charge in [-0.2, -0.15) is 0 Å². The van der Waals surface area contributed by atoms with E-state index in [4.69, 9.17) is 4.74 Å². The predicted molar refractivity (Wildman–Crippen MR) is 57.8 cm³/mol. The average Bonchev–Trinajstić information content (AvgIpc) is 2.61. The zero-order chi connectivity index (χ0) is 10.7. The van der Waals surface area contributed by atoms with Crippen LogP contribution in [0.4, 0.5) is 0 Å². The van der Waals surface area contributed by atoms with Crippen molar-refractivity contribution in [1.82, 2.24) is 5.32 Å². The van der Waals surface area contributed by atoms with Gasteiger partial charge in [0.25, 0.3) is 5.91 Å². The molecule has 3 heteroatoms. The Morgan fingerprint density at radius 2 is 2.33 bits per heavy atom. The molecule has 0 saturated heterocycles. The van der Waals surface area contributed by atoms with Crippen molar-refractivity contribution in [2.75, 3.05) is 13.7 Å². The van der Waals surface area contributed by atoms with E-state index in [0.717, 1.165) is 30.6 Å². The third-order valence-electron chi connectivity index (χ3n) is 2.67. The number of hydrogen-bond donors (Lipinski definition) is 1. The number of ether oxygens (including phenoxy) is 1. The maximum atomic E-state index is 11.3. The van der Waals surface area contributed by atoms with Crippen molar-refractivity contribution >= 4 is 5.91 Å². The molecule has 1 aromatic carbocycles. The lowest BCUT2D eigenvalue weighted by Gasteiger charge is -2.03.